The number of ether oxygens (including phenoxy) is 1. The van der Waals surface area contributed by atoms with Crippen LogP contribution in [0.3, 0.4) is 0 Å². The minimum Gasteiger partial charge on any atom is -0.384 e. The molecule has 0 spiro atoms. The van der Waals surface area contributed by atoms with Crippen LogP contribution in [0.1, 0.15) is 45.4 Å². The van der Waals surface area contributed by atoms with Crippen LogP contribution < -0.4 is 5.73 Å². The fourth-order valence-corrected chi connectivity index (χ4v) is 2.44. The molecule has 2 rings (SSSR count). The van der Waals surface area contributed by atoms with Crippen LogP contribution in [0, 0.1) is 5.41 Å². The molecule has 1 heterocycles. The van der Waals surface area contributed by atoms with E-state index in [0.717, 1.165) is 31.5 Å². The molecule has 1 saturated carbocycles. The summed E-state index contributed by atoms with van der Waals surface area (Å²) in [6, 6.07) is 1.71. The highest BCUT2D eigenvalue weighted by Gasteiger charge is 2.41. The molecular formula is C13H21N3O. The second kappa shape index (κ2) is 4.26. The van der Waals surface area contributed by atoms with Gasteiger partial charge >= 0.3 is 0 Å². The third kappa shape index (κ3) is 2.41. The van der Waals surface area contributed by atoms with Gasteiger partial charge in [0.15, 0.2) is 5.82 Å². The predicted octanol–water partition coefficient (Wildman–Crippen LogP) is 2.50. The van der Waals surface area contributed by atoms with Crippen LogP contribution in [-0.4, -0.2) is 17.1 Å². The number of rotatable bonds is 2. The maximum absolute atomic E-state index is 5.73. The van der Waals surface area contributed by atoms with Gasteiger partial charge in [-0.3, -0.25) is 0 Å². The number of hydrogen-bond donors (Lipinski definition) is 1. The summed E-state index contributed by atoms with van der Waals surface area (Å²) in [6.07, 6.45) is 5.87. The van der Waals surface area contributed by atoms with E-state index in [2.05, 4.69) is 23.8 Å². The first-order valence-corrected chi connectivity index (χ1v) is 6.12. The zero-order valence-corrected chi connectivity index (χ0v) is 10.9. The van der Waals surface area contributed by atoms with Gasteiger partial charge in [0.25, 0.3) is 0 Å². The van der Waals surface area contributed by atoms with E-state index in [1.807, 2.05) is 0 Å². The topological polar surface area (TPSA) is 61.0 Å². The lowest BCUT2D eigenvalue weighted by molar-refractivity contribution is -0.0728. The Kier molecular flexibility index (Phi) is 3.08. The monoisotopic (exact) mass is 235 g/mol. The van der Waals surface area contributed by atoms with Crippen molar-refractivity contribution in [3.63, 3.8) is 0 Å². The average Bonchev–Trinajstić information content (AvgIpc) is 2.30. The number of hydrogen-bond acceptors (Lipinski definition) is 4. The minimum atomic E-state index is -0.342. The maximum Gasteiger partial charge on any atom is 0.162 e. The highest BCUT2D eigenvalue weighted by molar-refractivity contribution is 5.26. The van der Waals surface area contributed by atoms with Gasteiger partial charge in [-0.2, -0.15) is 0 Å². The van der Waals surface area contributed by atoms with E-state index in [0.29, 0.717) is 11.2 Å². The van der Waals surface area contributed by atoms with Crippen molar-refractivity contribution in [3.05, 3.63) is 18.1 Å². The van der Waals surface area contributed by atoms with E-state index in [1.165, 1.54) is 0 Å². The number of anilines is 1. The summed E-state index contributed by atoms with van der Waals surface area (Å²) in [4.78, 5) is 8.67. The molecule has 1 aromatic heterocycles. The maximum atomic E-state index is 5.73. The van der Waals surface area contributed by atoms with Crippen molar-refractivity contribution < 1.29 is 4.74 Å². The fraction of sp³-hybridized carbons (Fsp3) is 0.692. The molecule has 17 heavy (non-hydrogen) atoms. The van der Waals surface area contributed by atoms with E-state index in [-0.39, 0.29) is 5.60 Å². The summed E-state index contributed by atoms with van der Waals surface area (Å²) in [7, 11) is 1.74. The second-order valence-electron chi connectivity index (χ2n) is 5.67. The Hall–Kier alpha value is -1.16. The van der Waals surface area contributed by atoms with Gasteiger partial charge in [-0.25, -0.2) is 9.97 Å². The van der Waals surface area contributed by atoms with Crippen LogP contribution in [0.15, 0.2) is 12.3 Å². The molecule has 4 nitrogen and oxygen atoms in total. The zero-order valence-electron chi connectivity index (χ0n) is 10.9. The van der Waals surface area contributed by atoms with Crippen LogP contribution in [0.2, 0.25) is 0 Å². The number of methoxy groups -OCH3 is 1. The molecule has 0 amide bonds. The van der Waals surface area contributed by atoms with E-state index in [9.17, 15) is 0 Å². The van der Waals surface area contributed by atoms with Crippen molar-refractivity contribution >= 4 is 5.82 Å². The van der Waals surface area contributed by atoms with Crippen LogP contribution in [-0.2, 0) is 10.3 Å². The van der Waals surface area contributed by atoms with Crippen molar-refractivity contribution in [2.75, 3.05) is 12.8 Å². The van der Waals surface area contributed by atoms with Crippen molar-refractivity contribution in [1.82, 2.24) is 9.97 Å². The van der Waals surface area contributed by atoms with Crippen LogP contribution >= 0.6 is 0 Å². The lowest BCUT2D eigenvalue weighted by Crippen LogP contribution is -2.38. The van der Waals surface area contributed by atoms with Crippen molar-refractivity contribution in [1.29, 1.82) is 0 Å². The first kappa shape index (κ1) is 12.3. The average molecular weight is 235 g/mol. The first-order chi connectivity index (χ1) is 7.97. The Morgan fingerprint density at radius 1 is 1.24 bits per heavy atom. The van der Waals surface area contributed by atoms with Gasteiger partial charge in [0.1, 0.15) is 11.4 Å². The molecule has 4 heteroatoms. The minimum absolute atomic E-state index is 0.342. The largest absolute Gasteiger partial charge is 0.384 e. The Bertz CT molecular complexity index is 393. The molecule has 0 saturated heterocycles. The summed E-state index contributed by atoms with van der Waals surface area (Å²) < 4.78 is 5.73. The number of aromatic nitrogens is 2. The van der Waals surface area contributed by atoms with Crippen LogP contribution in [0.5, 0.6) is 0 Å². The van der Waals surface area contributed by atoms with Gasteiger partial charge in [0.05, 0.1) is 0 Å². The van der Waals surface area contributed by atoms with E-state index in [1.54, 1.807) is 19.4 Å². The SMILES string of the molecule is COC1(c2nccc(N)n2)CCC(C)(C)CC1. The van der Waals surface area contributed by atoms with Gasteiger partial charge in [-0.1, -0.05) is 13.8 Å². The van der Waals surface area contributed by atoms with Gasteiger partial charge in [-0.15, -0.1) is 0 Å². The van der Waals surface area contributed by atoms with E-state index < -0.39 is 0 Å². The molecule has 0 radical (unpaired) electrons. The fourth-order valence-electron chi connectivity index (χ4n) is 2.44. The second-order valence-corrected chi connectivity index (χ2v) is 5.67. The Morgan fingerprint density at radius 3 is 2.41 bits per heavy atom. The first-order valence-electron chi connectivity index (χ1n) is 6.12. The van der Waals surface area contributed by atoms with Crippen molar-refractivity contribution in [3.8, 4) is 0 Å². The van der Waals surface area contributed by atoms with Crippen LogP contribution in [0.25, 0.3) is 0 Å². The lowest BCUT2D eigenvalue weighted by Gasteiger charge is -2.41. The molecule has 1 aromatic rings. The van der Waals surface area contributed by atoms with Gasteiger partial charge in [0.2, 0.25) is 0 Å². The lowest BCUT2D eigenvalue weighted by atomic mass is 9.70. The summed E-state index contributed by atoms with van der Waals surface area (Å²) in [5.41, 5.74) is 5.77. The van der Waals surface area contributed by atoms with Crippen LogP contribution in [0.4, 0.5) is 5.82 Å². The highest BCUT2D eigenvalue weighted by Crippen LogP contribution is 2.46. The predicted molar refractivity (Wildman–Crippen MR) is 67.4 cm³/mol. The molecule has 94 valence electrons. The molecular weight excluding hydrogens is 214 g/mol. The third-order valence-corrected chi connectivity index (χ3v) is 3.89. The van der Waals surface area contributed by atoms with Gasteiger partial charge < -0.3 is 10.5 Å². The summed E-state index contributed by atoms with van der Waals surface area (Å²) in [5, 5.41) is 0. The van der Waals surface area contributed by atoms with Gasteiger partial charge in [0, 0.05) is 13.3 Å². The van der Waals surface area contributed by atoms with Crippen molar-refractivity contribution in [2.24, 2.45) is 5.41 Å². The number of nitrogen functional groups attached to an aromatic ring is 1. The molecule has 0 atom stereocenters. The van der Waals surface area contributed by atoms with Crippen molar-refractivity contribution in [2.45, 2.75) is 45.1 Å². The molecule has 0 unspecified atom stereocenters. The normalized spacial score (nSPS) is 22.3. The Morgan fingerprint density at radius 2 is 1.88 bits per heavy atom. The molecule has 0 aromatic carbocycles. The Labute approximate surface area is 103 Å². The van der Waals surface area contributed by atoms with E-state index in [4.69, 9.17) is 10.5 Å². The molecule has 1 aliphatic carbocycles. The molecule has 1 fully saturated rings. The smallest absolute Gasteiger partial charge is 0.162 e. The standard InChI is InChI=1S/C13H21N3O/c1-12(2)5-7-13(17-3,8-6-12)11-15-9-4-10(14)16-11/h4,9H,5-8H2,1-3H3,(H2,14,15,16). The Balaban J connectivity index is 2.27. The summed E-state index contributed by atoms with van der Waals surface area (Å²) in [5.74, 6) is 1.24. The highest BCUT2D eigenvalue weighted by atomic mass is 16.5. The van der Waals surface area contributed by atoms with E-state index >= 15 is 0 Å². The summed E-state index contributed by atoms with van der Waals surface area (Å²) in [6.45, 7) is 4.60. The molecule has 2 N–H and O–H groups in total. The molecule has 0 bridgehead atoms. The quantitative estimate of drug-likeness (QED) is 0.855. The third-order valence-electron chi connectivity index (χ3n) is 3.89. The number of nitrogens with two attached hydrogens (primary N) is 1. The number of nitrogens with zero attached hydrogens (tertiary/aromatic N) is 2. The van der Waals surface area contributed by atoms with Gasteiger partial charge in [-0.05, 0) is 37.2 Å². The zero-order chi connectivity index (χ0) is 12.5. The molecule has 0 aliphatic heterocycles. The molecule has 1 aliphatic rings. The summed E-state index contributed by atoms with van der Waals surface area (Å²) >= 11 is 0.